The van der Waals surface area contributed by atoms with Crippen LogP contribution in [-0.2, 0) is 10.0 Å². The van der Waals surface area contributed by atoms with Crippen LogP contribution < -0.4 is 4.72 Å². The minimum atomic E-state index is -3.64. The molecule has 0 spiro atoms. The Balaban J connectivity index is 2.80. The van der Waals surface area contributed by atoms with E-state index >= 15 is 0 Å². The zero-order valence-corrected chi connectivity index (χ0v) is 13.6. The molecule has 7 heteroatoms. The van der Waals surface area contributed by atoms with Crippen LogP contribution in [-0.4, -0.2) is 51.2 Å². The summed E-state index contributed by atoms with van der Waals surface area (Å²) in [6, 6.07) is 6.56. The summed E-state index contributed by atoms with van der Waals surface area (Å²) in [7, 11) is -0.00288. The molecule has 0 aliphatic carbocycles. The van der Waals surface area contributed by atoms with Crippen LogP contribution in [0.1, 0.15) is 6.92 Å². The van der Waals surface area contributed by atoms with Gasteiger partial charge in [-0.05, 0) is 49.1 Å². The van der Waals surface area contributed by atoms with Crippen molar-refractivity contribution in [2.24, 2.45) is 0 Å². The first kappa shape index (κ1) is 16.6. The zero-order valence-electron chi connectivity index (χ0n) is 11.2. The maximum Gasteiger partial charge on any atom is 0.241 e. The maximum atomic E-state index is 12.1. The van der Waals surface area contributed by atoms with Gasteiger partial charge in [-0.1, -0.05) is 12.1 Å². The fourth-order valence-electron chi connectivity index (χ4n) is 1.73. The van der Waals surface area contributed by atoms with Gasteiger partial charge in [0.05, 0.1) is 10.5 Å². The van der Waals surface area contributed by atoms with Gasteiger partial charge in [-0.15, -0.1) is 0 Å². The summed E-state index contributed by atoms with van der Waals surface area (Å²) >= 11 is 3.20. The number of halogens is 1. The molecule has 0 fully saturated rings. The summed E-state index contributed by atoms with van der Waals surface area (Å²) in [5.41, 5.74) is -1.13. The first-order chi connectivity index (χ1) is 8.64. The van der Waals surface area contributed by atoms with Gasteiger partial charge in [0, 0.05) is 17.6 Å². The van der Waals surface area contributed by atoms with Crippen molar-refractivity contribution in [3.05, 3.63) is 28.7 Å². The highest BCUT2D eigenvalue weighted by Gasteiger charge is 2.25. The van der Waals surface area contributed by atoms with Crippen LogP contribution in [0.2, 0.25) is 0 Å². The monoisotopic (exact) mass is 350 g/mol. The van der Waals surface area contributed by atoms with Gasteiger partial charge in [0.1, 0.15) is 0 Å². The fourth-order valence-corrected chi connectivity index (χ4v) is 3.89. The van der Waals surface area contributed by atoms with E-state index in [1.54, 1.807) is 30.0 Å². The molecule has 1 aromatic rings. The second-order valence-corrected chi connectivity index (χ2v) is 7.58. The van der Waals surface area contributed by atoms with Crippen LogP contribution in [0, 0.1) is 0 Å². The molecule has 0 aliphatic heterocycles. The number of sulfonamides is 1. The second-order valence-electron chi connectivity index (χ2n) is 4.99. The molecule has 1 rings (SSSR count). The van der Waals surface area contributed by atoms with Crippen molar-refractivity contribution in [1.29, 1.82) is 0 Å². The molecule has 1 unspecified atom stereocenters. The van der Waals surface area contributed by atoms with Gasteiger partial charge in [0.25, 0.3) is 0 Å². The Bertz CT molecular complexity index is 530. The van der Waals surface area contributed by atoms with E-state index in [-0.39, 0.29) is 11.4 Å². The third-order valence-corrected chi connectivity index (χ3v) is 4.84. The van der Waals surface area contributed by atoms with E-state index in [0.29, 0.717) is 11.0 Å². The zero-order chi connectivity index (χ0) is 14.7. The molecular weight excluding hydrogens is 332 g/mol. The number of aliphatic hydroxyl groups is 1. The number of nitrogens with one attached hydrogen (secondary N) is 1. The Morgan fingerprint density at radius 1 is 1.37 bits per heavy atom. The third-order valence-electron chi connectivity index (χ3n) is 2.43. The largest absolute Gasteiger partial charge is 0.387 e. The standard InChI is InChI=1S/C12H19BrN2O3S/c1-12(16,9-15(2)3)8-14-19(17,18)11-7-5-4-6-10(11)13/h4-7,14,16H,8-9H2,1-3H3. The van der Waals surface area contributed by atoms with Crippen molar-refractivity contribution < 1.29 is 13.5 Å². The molecule has 108 valence electrons. The topological polar surface area (TPSA) is 69.6 Å². The van der Waals surface area contributed by atoms with Gasteiger partial charge in [0.2, 0.25) is 10.0 Å². The number of likely N-dealkylation sites (N-methyl/N-ethyl adjacent to an activating group) is 1. The molecule has 1 atom stereocenters. The summed E-state index contributed by atoms with van der Waals surface area (Å²) in [5.74, 6) is 0. The van der Waals surface area contributed by atoms with Gasteiger partial charge in [-0.3, -0.25) is 0 Å². The highest BCUT2D eigenvalue weighted by Crippen LogP contribution is 2.21. The smallest absolute Gasteiger partial charge is 0.241 e. The summed E-state index contributed by atoms with van der Waals surface area (Å²) < 4.78 is 27.2. The maximum absolute atomic E-state index is 12.1. The molecule has 2 N–H and O–H groups in total. The highest BCUT2D eigenvalue weighted by molar-refractivity contribution is 9.10. The van der Waals surface area contributed by atoms with Crippen LogP contribution in [0.15, 0.2) is 33.6 Å². The van der Waals surface area contributed by atoms with Gasteiger partial charge in [-0.25, -0.2) is 13.1 Å². The third kappa shape index (κ3) is 5.19. The van der Waals surface area contributed by atoms with Crippen molar-refractivity contribution in [3.63, 3.8) is 0 Å². The number of hydrogen-bond acceptors (Lipinski definition) is 4. The lowest BCUT2D eigenvalue weighted by atomic mass is 10.1. The SMILES string of the molecule is CN(C)CC(C)(O)CNS(=O)(=O)c1ccccc1Br. The molecule has 0 aliphatic rings. The average Bonchev–Trinajstić information content (AvgIpc) is 2.25. The lowest BCUT2D eigenvalue weighted by Gasteiger charge is -2.27. The van der Waals surface area contributed by atoms with E-state index < -0.39 is 15.6 Å². The molecule has 0 aromatic heterocycles. The quantitative estimate of drug-likeness (QED) is 0.804. The Morgan fingerprint density at radius 3 is 2.47 bits per heavy atom. The Hall–Kier alpha value is -0.470. The molecule has 0 heterocycles. The first-order valence-electron chi connectivity index (χ1n) is 5.75. The molecule has 0 radical (unpaired) electrons. The molecular formula is C12H19BrN2O3S. The summed E-state index contributed by atoms with van der Waals surface area (Å²) in [4.78, 5) is 1.96. The Kier molecular flexibility index (Phi) is 5.52. The fraction of sp³-hybridized carbons (Fsp3) is 0.500. The van der Waals surface area contributed by atoms with Gasteiger partial charge in [0.15, 0.2) is 0 Å². The molecule has 0 amide bonds. The van der Waals surface area contributed by atoms with Crippen molar-refractivity contribution in [1.82, 2.24) is 9.62 Å². The van der Waals surface area contributed by atoms with E-state index in [2.05, 4.69) is 20.7 Å². The lowest BCUT2D eigenvalue weighted by molar-refractivity contribution is 0.0386. The minimum absolute atomic E-state index is 0.0468. The highest BCUT2D eigenvalue weighted by atomic mass is 79.9. The van der Waals surface area contributed by atoms with Gasteiger partial charge >= 0.3 is 0 Å². The van der Waals surface area contributed by atoms with E-state index in [9.17, 15) is 13.5 Å². The van der Waals surface area contributed by atoms with Crippen molar-refractivity contribution in [3.8, 4) is 0 Å². The molecule has 1 aromatic carbocycles. The summed E-state index contributed by atoms with van der Waals surface area (Å²) in [6.07, 6.45) is 0. The molecule has 0 bridgehead atoms. The molecule has 0 saturated heterocycles. The molecule has 5 nitrogen and oxygen atoms in total. The van der Waals surface area contributed by atoms with Crippen LogP contribution >= 0.6 is 15.9 Å². The normalized spacial score (nSPS) is 15.5. The van der Waals surface area contributed by atoms with E-state index in [0.717, 1.165) is 0 Å². The van der Waals surface area contributed by atoms with E-state index in [4.69, 9.17) is 0 Å². The predicted molar refractivity (Wildman–Crippen MR) is 78.5 cm³/mol. The van der Waals surface area contributed by atoms with E-state index in [1.807, 2.05) is 14.1 Å². The molecule has 0 saturated carbocycles. The van der Waals surface area contributed by atoms with Crippen molar-refractivity contribution in [2.45, 2.75) is 17.4 Å². The van der Waals surface area contributed by atoms with Crippen molar-refractivity contribution >= 4 is 26.0 Å². The van der Waals surface area contributed by atoms with Crippen LogP contribution in [0.25, 0.3) is 0 Å². The summed E-state index contributed by atoms with van der Waals surface area (Å²) in [6.45, 7) is 1.91. The predicted octanol–water partition coefficient (Wildman–Crippen LogP) is 1.04. The molecule has 19 heavy (non-hydrogen) atoms. The minimum Gasteiger partial charge on any atom is -0.387 e. The van der Waals surface area contributed by atoms with Crippen molar-refractivity contribution in [2.75, 3.05) is 27.2 Å². The number of hydrogen-bond donors (Lipinski definition) is 2. The lowest BCUT2D eigenvalue weighted by Crippen LogP contribution is -2.47. The average molecular weight is 351 g/mol. The number of benzene rings is 1. The van der Waals surface area contributed by atoms with Crippen LogP contribution in [0.4, 0.5) is 0 Å². The Morgan fingerprint density at radius 2 is 1.95 bits per heavy atom. The Labute approximate surface area is 122 Å². The number of rotatable bonds is 6. The van der Waals surface area contributed by atoms with Crippen LogP contribution in [0.5, 0.6) is 0 Å². The first-order valence-corrected chi connectivity index (χ1v) is 8.03. The van der Waals surface area contributed by atoms with E-state index in [1.165, 1.54) is 6.07 Å². The second kappa shape index (κ2) is 6.32. The van der Waals surface area contributed by atoms with Gasteiger partial charge in [-0.2, -0.15) is 0 Å². The van der Waals surface area contributed by atoms with Crippen LogP contribution in [0.3, 0.4) is 0 Å². The number of nitrogens with zero attached hydrogens (tertiary/aromatic N) is 1. The van der Waals surface area contributed by atoms with Gasteiger partial charge < -0.3 is 10.0 Å². The summed E-state index contributed by atoms with van der Waals surface area (Å²) in [5, 5.41) is 10.1.